The van der Waals surface area contributed by atoms with Crippen molar-refractivity contribution in [1.29, 1.82) is 0 Å². The first-order valence-electron chi connectivity index (χ1n) is 5.78. The van der Waals surface area contributed by atoms with E-state index < -0.39 is 5.97 Å². The molecule has 0 spiro atoms. The Morgan fingerprint density at radius 1 is 1.47 bits per heavy atom. The molecular weight excluding hydrogens is 216 g/mol. The van der Waals surface area contributed by atoms with Crippen molar-refractivity contribution in [2.45, 2.75) is 19.8 Å². The van der Waals surface area contributed by atoms with Gasteiger partial charge in [0.05, 0.1) is 0 Å². The highest BCUT2D eigenvalue weighted by molar-refractivity contribution is 5.80. The lowest BCUT2D eigenvalue weighted by Gasteiger charge is -2.10. The number of benzene rings is 1. The predicted octanol–water partition coefficient (Wildman–Crippen LogP) is 2.79. The maximum absolute atomic E-state index is 10.7. The summed E-state index contributed by atoms with van der Waals surface area (Å²) in [5.41, 5.74) is 1.96. The second-order valence-corrected chi connectivity index (χ2v) is 4.39. The van der Waals surface area contributed by atoms with E-state index in [-0.39, 0.29) is 0 Å². The summed E-state index contributed by atoms with van der Waals surface area (Å²) in [5.74, 6) is 0.347. The Kier molecular flexibility index (Phi) is 3.47. The Hall–Kier alpha value is -1.77. The van der Waals surface area contributed by atoms with E-state index in [0.29, 0.717) is 12.5 Å². The van der Waals surface area contributed by atoms with Gasteiger partial charge < -0.3 is 9.84 Å². The molecule has 1 aliphatic rings. The van der Waals surface area contributed by atoms with Crippen molar-refractivity contribution in [2.24, 2.45) is 5.92 Å². The van der Waals surface area contributed by atoms with E-state index in [0.717, 1.165) is 29.7 Å². The van der Waals surface area contributed by atoms with Gasteiger partial charge in [0.2, 0.25) is 0 Å². The fourth-order valence-electron chi connectivity index (χ4n) is 1.77. The van der Waals surface area contributed by atoms with Crippen molar-refractivity contribution < 1.29 is 14.6 Å². The number of carboxylic acids is 1. The maximum Gasteiger partial charge on any atom is 0.328 e. The highest BCUT2D eigenvalue weighted by atomic mass is 16.5. The Balaban J connectivity index is 2.01. The molecule has 0 heterocycles. The smallest absolute Gasteiger partial charge is 0.328 e. The van der Waals surface area contributed by atoms with E-state index >= 15 is 0 Å². The van der Waals surface area contributed by atoms with E-state index in [1.165, 1.54) is 6.08 Å². The molecule has 1 aromatic rings. The molecule has 0 atom stereocenters. The van der Waals surface area contributed by atoms with Crippen LogP contribution in [0.5, 0.6) is 5.75 Å². The van der Waals surface area contributed by atoms with Crippen molar-refractivity contribution in [3.05, 3.63) is 41.5 Å². The molecule has 17 heavy (non-hydrogen) atoms. The molecule has 3 heteroatoms. The molecule has 0 aliphatic heterocycles. The number of carbonyl (C=O) groups is 1. The summed E-state index contributed by atoms with van der Waals surface area (Å²) in [5, 5.41) is 8.78. The van der Waals surface area contributed by atoms with E-state index in [1.54, 1.807) is 0 Å². The lowest BCUT2D eigenvalue weighted by molar-refractivity contribution is -0.131. The molecule has 2 rings (SSSR count). The van der Waals surface area contributed by atoms with Gasteiger partial charge in [-0.2, -0.15) is 0 Å². The van der Waals surface area contributed by atoms with Gasteiger partial charge in [0, 0.05) is 6.08 Å². The molecule has 1 fully saturated rings. The molecule has 0 radical (unpaired) electrons. The largest absolute Gasteiger partial charge is 0.489 e. The van der Waals surface area contributed by atoms with Gasteiger partial charge in [-0.1, -0.05) is 18.2 Å². The SMILES string of the molecule is Cc1ccccc1OC/C(=C/C(=O)O)C1CC1. The second-order valence-electron chi connectivity index (χ2n) is 4.39. The third-order valence-corrected chi connectivity index (χ3v) is 2.90. The topological polar surface area (TPSA) is 46.5 Å². The van der Waals surface area contributed by atoms with Crippen LogP contribution in [-0.4, -0.2) is 17.7 Å². The number of para-hydroxylation sites is 1. The standard InChI is InChI=1S/C14H16O3/c1-10-4-2-3-5-13(10)17-9-12(8-14(15)16)11-6-7-11/h2-5,8,11H,6-7,9H2,1H3,(H,15,16)/b12-8-. The van der Waals surface area contributed by atoms with Gasteiger partial charge in [-0.05, 0) is 42.9 Å². The average molecular weight is 232 g/mol. The number of carboxylic acid groups (broad SMARTS) is 1. The highest BCUT2D eigenvalue weighted by Crippen LogP contribution is 2.36. The quantitative estimate of drug-likeness (QED) is 0.794. The zero-order valence-electron chi connectivity index (χ0n) is 9.85. The van der Waals surface area contributed by atoms with Crippen molar-refractivity contribution in [2.75, 3.05) is 6.61 Å². The minimum absolute atomic E-state index is 0.377. The number of hydrogen-bond donors (Lipinski definition) is 1. The Bertz CT molecular complexity index is 445. The van der Waals surface area contributed by atoms with Gasteiger partial charge in [0.15, 0.2) is 0 Å². The third kappa shape index (κ3) is 3.34. The van der Waals surface area contributed by atoms with E-state index in [2.05, 4.69) is 0 Å². The molecule has 1 aliphatic carbocycles. The molecule has 0 unspecified atom stereocenters. The van der Waals surface area contributed by atoms with Gasteiger partial charge in [-0.3, -0.25) is 0 Å². The molecule has 1 saturated carbocycles. The third-order valence-electron chi connectivity index (χ3n) is 2.90. The molecule has 0 amide bonds. The minimum Gasteiger partial charge on any atom is -0.489 e. The molecule has 0 aromatic heterocycles. The van der Waals surface area contributed by atoms with E-state index in [9.17, 15) is 4.79 Å². The van der Waals surface area contributed by atoms with Crippen molar-refractivity contribution >= 4 is 5.97 Å². The van der Waals surface area contributed by atoms with Crippen LogP contribution < -0.4 is 4.74 Å². The zero-order valence-corrected chi connectivity index (χ0v) is 9.85. The van der Waals surface area contributed by atoms with Crippen molar-refractivity contribution in [3.8, 4) is 5.75 Å². The Morgan fingerprint density at radius 3 is 2.76 bits per heavy atom. The van der Waals surface area contributed by atoms with Gasteiger partial charge in [0.25, 0.3) is 0 Å². The average Bonchev–Trinajstić information content (AvgIpc) is 3.09. The number of ether oxygens (including phenoxy) is 1. The molecule has 1 N–H and O–H groups in total. The van der Waals surface area contributed by atoms with Crippen LogP contribution >= 0.6 is 0 Å². The van der Waals surface area contributed by atoms with Gasteiger partial charge in [0.1, 0.15) is 12.4 Å². The fraction of sp³-hybridized carbons (Fsp3) is 0.357. The zero-order chi connectivity index (χ0) is 12.3. The predicted molar refractivity (Wildman–Crippen MR) is 65.1 cm³/mol. The molecule has 1 aromatic carbocycles. The molecule has 90 valence electrons. The van der Waals surface area contributed by atoms with Gasteiger partial charge >= 0.3 is 5.97 Å². The lowest BCUT2D eigenvalue weighted by atomic mass is 10.1. The van der Waals surface area contributed by atoms with Crippen LogP contribution in [-0.2, 0) is 4.79 Å². The van der Waals surface area contributed by atoms with Gasteiger partial charge in [-0.25, -0.2) is 4.79 Å². The second kappa shape index (κ2) is 5.04. The summed E-state index contributed by atoms with van der Waals surface area (Å²) in [6.45, 7) is 2.36. The normalized spacial score (nSPS) is 15.7. The van der Waals surface area contributed by atoms with Crippen LogP contribution in [0, 0.1) is 12.8 Å². The first-order chi connectivity index (χ1) is 8.16. The van der Waals surface area contributed by atoms with Crippen molar-refractivity contribution in [3.63, 3.8) is 0 Å². The first kappa shape index (κ1) is 11.7. The first-order valence-corrected chi connectivity index (χ1v) is 5.78. The maximum atomic E-state index is 10.7. The van der Waals surface area contributed by atoms with Crippen LogP contribution in [0.1, 0.15) is 18.4 Å². The summed E-state index contributed by atoms with van der Waals surface area (Å²) in [6.07, 6.45) is 3.45. The number of hydrogen-bond acceptors (Lipinski definition) is 2. The van der Waals surface area contributed by atoms with Crippen LogP contribution in [0.25, 0.3) is 0 Å². The molecule has 0 bridgehead atoms. The minimum atomic E-state index is -0.889. The fourth-order valence-corrected chi connectivity index (χ4v) is 1.77. The van der Waals surface area contributed by atoms with E-state index in [4.69, 9.17) is 9.84 Å². The Morgan fingerprint density at radius 2 is 2.18 bits per heavy atom. The monoisotopic (exact) mass is 232 g/mol. The summed E-state index contributed by atoms with van der Waals surface area (Å²) in [4.78, 5) is 10.7. The van der Waals surface area contributed by atoms with Crippen LogP contribution in [0.3, 0.4) is 0 Å². The summed E-state index contributed by atoms with van der Waals surface area (Å²) >= 11 is 0. The Labute approximate surface area is 101 Å². The number of aliphatic carboxylic acids is 1. The van der Waals surface area contributed by atoms with Crippen LogP contribution in [0.2, 0.25) is 0 Å². The highest BCUT2D eigenvalue weighted by Gasteiger charge is 2.27. The van der Waals surface area contributed by atoms with Crippen LogP contribution in [0.15, 0.2) is 35.9 Å². The number of rotatable bonds is 5. The van der Waals surface area contributed by atoms with Crippen LogP contribution in [0.4, 0.5) is 0 Å². The summed E-state index contributed by atoms with van der Waals surface area (Å²) in [7, 11) is 0. The van der Waals surface area contributed by atoms with E-state index in [1.807, 2.05) is 31.2 Å². The molecular formula is C14H16O3. The lowest BCUT2D eigenvalue weighted by Crippen LogP contribution is -2.06. The number of aryl methyl sites for hydroxylation is 1. The summed E-state index contributed by atoms with van der Waals surface area (Å²) in [6, 6.07) is 7.75. The van der Waals surface area contributed by atoms with Gasteiger partial charge in [-0.15, -0.1) is 0 Å². The molecule has 3 nitrogen and oxygen atoms in total. The summed E-state index contributed by atoms with van der Waals surface area (Å²) < 4.78 is 5.67. The molecule has 0 saturated heterocycles. The van der Waals surface area contributed by atoms with Crippen molar-refractivity contribution in [1.82, 2.24) is 0 Å².